The van der Waals surface area contributed by atoms with E-state index >= 15 is 0 Å². The maximum absolute atomic E-state index is 14.5. The van der Waals surface area contributed by atoms with Crippen LogP contribution in [0.5, 0.6) is 0 Å². The number of unbranched alkanes of at least 4 members (excludes halogenated alkanes) is 6. The lowest BCUT2D eigenvalue weighted by atomic mass is 9.32. The highest BCUT2D eigenvalue weighted by atomic mass is 16.6. The van der Waals surface area contributed by atoms with Crippen molar-refractivity contribution < 1.29 is 29.0 Å². The summed E-state index contributed by atoms with van der Waals surface area (Å²) in [6, 6.07) is -1.07. The van der Waals surface area contributed by atoms with Crippen LogP contribution in [0.4, 0.5) is 4.79 Å². The number of fused-ring (bicyclic) bond motifs is 7. The number of alkyl carbamates (subject to hydrolysis) is 1. The number of amides is 4. The highest BCUT2D eigenvalue weighted by Gasteiger charge is 2.71. The van der Waals surface area contributed by atoms with Crippen LogP contribution in [0.2, 0.25) is 0 Å². The molecule has 58 heavy (non-hydrogen) atoms. The molecule has 0 radical (unpaired) electrons. The molecule has 5 aliphatic carbocycles. The third-order valence-corrected chi connectivity index (χ3v) is 17.3. The quantitative estimate of drug-likeness (QED) is 0.0775. The summed E-state index contributed by atoms with van der Waals surface area (Å²) in [6.45, 7) is 25.6. The van der Waals surface area contributed by atoms with Crippen molar-refractivity contribution in [3.63, 3.8) is 0 Å². The lowest BCUT2D eigenvalue weighted by molar-refractivity contribution is -0.246. The Kier molecular flexibility index (Phi) is 14.2. The molecule has 5 fully saturated rings. The first-order valence-electron chi connectivity index (χ1n) is 23.2. The number of carbonyl (C=O) groups is 4. The molecule has 0 bridgehead atoms. The molecule has 5 saturated carbocycles. The van der Waals surface area contributed by atoms with Crippen LogP contribution in [0.3, 0.4) is 0 Å². The maximum atomic E-state index is 14.5. The average molecular weight is 811 g/mol. The van der Waals surface area contributed by atoms with Crippen LogP contribution in [-0.4, -0.2) is 59.8 Å². The lowest BCUT2D eigenvalue weighted by Gasteiger charge is -2.72. The SMILES string of the molecule is C=C(C)[C@@H]1CC[C@]2(C(=O)NCCCCCCCCCNC(=O)[C@H](CC(N)=O)NC(=O)OC(C)(C)C)CC[C@]3(C)[C@H](CC[C@@H]4[C@@]5(C)CC[C@H](O)C(C)(C)[C@@H]5CC[C@]43C)[C@@H]12. The second-order valence-electron chi connectivity index (χ2n) is 22.1. The summed E-state index contributed by atoms with van der Waals surface area (Å²) in [4.78, 5) is 50.8. The maximum Gasteiger partial charge on any atom is 0.408 e. The summed E-state index contributed by atoms with van der Waals surface area (Å²) >= 11 is 0. The van der Waals surface area contributed by atoms with Crippen LogP contribution in [0.1, 0.15) is 178 Å². The van der Waals surface area contributed by atoms with Gasteiger partial charge in [0, 0.05) is 13.1 Å². The van der Waals surface area contributed by atoms with Crippen molar-refractivity contribution >= 4 is 23.8 Å². The number of nitrogens with one attached hydrogen (secondary N) is 3. The first-order valence-corrected chi connectivity index (χ1v) is 23.2. The number of nitrogens with two attached hydrogens (primary N) is 1. The van der Waals surface area contributed by atoms with Crippen molar-refractivity contribution in [3.8, 4) is 0 Å². The van der Waals surface area contributed by atoms with Gasteiger partial charge in [0.05, 0.1) is 17.9 Å². The van der Waals surface area contributed by atoms with E-state index in [2.05, 4.69) is 64.1 Å². The van der Waals surface area contributed by atoms with Crippen LogP contribution in [0, 0.1) is 56.7 Å². The third-order valence-electron chi connectivity index (χ3n) is 17.3. The van der Waals surface area contributed by atoms with E-state index in [9.17, 15) is 24.3 Å². The molecule has 6 N–H and O–H groups in total. The molecule has 0 aromatic heterocycles. The molecule has 5 aliphatic rings. The Morgan fingerprint density at radius 2 is 1.40 bits per heavy atom. The van der Waals surface area contributed by atoms with Gasteiger partial charge in [-0.05, 0) is 156 Å². The van der Waals surface area contributed by atoms with Crippen LogP contribution in [0.25, 0.3) is 0 Å². The minimum atomic E-state index is -1.07. The highest BCUT2D eigenvalue weighted by molar-refractivity contribution is 5.90. The lowest BCUT2D eigenvalue weighted by Crippen LogP contribution is -2.67. The zero-order chi connectivity index (χ0) is 42.9. The summed E-state index contributed by atoms with van der Waals surface area (Å²) in [5.41, 5.74) is 6.17. The second kappa shape index (κ2) is 17.8. The van der Waals surface area contributed by atoms with E-state index in [0.717, 1.165) is 90.0 Å². The van der Waals surface area contributed by atoms with Gasteiger partial charge >= 0.3 is 6.09 Å². The number of hydrogen-bond acceptors (Lipinski definition) is 6. The Morgan fingerprint density at radius 3 is 2.00 bits per heavy atom. The van der Waals surface area contributed by atoms with Gasteiger partial charge in [0.2, 0.25) is 17.7 Å². The van der Waals surface area contributed by atoms with Crippen LogP contribution in [0.15, 0.2) is 12.2 Å². The van der Waals surface area contributed by atoms with Crippen molar-refractivity contribution in [2.45, 2.75) is 196 Å². The molecule has 0 aromatic carbocycles. The zero-order valence-electron chi connectivity index (χ0n) is 38.0. The molecule has 0 unspecified atom stereocenters. The van der Waals surface area contributed by atoms with Gasteiger partial charge in [-0.15, -0.1) is 0 Å². The molecule has 5 rings (SSSR count). The van der Waals surface area contributed by atoms with Crippen molar-refractivity contribution in [2.24, 2.45) is 62.4 Å². The number of ether oxygens (including phenoxy) is 1. The second-order valence-corrected chi connectivity index (χ2v) is 22.1. The summed E-state index contributed by atoms with van der Waals surface area (Å²) in [6.07, 6.45) is 16.9. The topological polar surface area (TPSA) is 160 Å². The Morgan fingerprint density at radius 1 is 0.776 bits per heavy atom. The molecule has 0 aromatic rings. The van der Waals surface area contributed by atoms with Gasteiger partial charge in [-0.1, -0.05) is 78.9 Å². The van der Waals surface area contributed by atoms with Gasteiger partial charge in [-0.3, -0.25) is 14.4 Å². The third kappa shape index (κ3) is 9.03. The molecule has 330 valence electrons. The molecular formula is C48H82N4O6. The van der Waals surface area contributed by atoms with E-state index in [0.29, 0.717) is 42.0 Å². The summed E-state index contributed by atoms with van der Waals surface area (Å²) in [5.74, 6) is 1.67. The fourth-order valence-corrected chi connectivity index (χ4v) is 14.2. The molecule has 10 nitrogen and oxygen atoms in total. The van der Waals surface area contributed by atoms with Gasteiger partial charge < -0.3 is 31.5 Å². The Labute approximate surface area is 351 Å². The summed E-state index contributed by atoms with van der Waals surface area (Å²) < 4.78 is 5.22. The van der Waals surface area contributed by atoms with Gasteiger partial charge in [0.25, 0.3) is 0 Å². The first-order chi connectivity index (χ1) is 27.0. The fraction of sp³-hybridized carbons (Fsp3) is 0.875. The number of aliphatic hydroxyl groups is 1. The molecule has 4 amide bonds. The number of carbonyl (C=O) groups excluding carboxylic acids is 4. The molecule has 0 heterocycles. The monoisotopic (exact) mass is 811 g/mol. The van der Waals surface area contributed by atoms with Gasteiger partial charge in [0.15, 0.2) is 0 Å². The normalized spacial score (nSPS) is 36.9. The van der Waals surface area contributed by atoms with Crippen molar-refractivity contribution in [1.82, 2.24) is 16.0 Å². The van der Waals surface area contributed by atoms with E-state index in [1.807, 2.05) is 0 Å². The van der Waals surface area contributed by atoms with E-state index in [1.165, 1.54) is 31.3 Å². The van der Waals surface area contributed by atoms with E-state index < -0.39 is 29.6 Å². The minimum absolute atomic E-state index is 0.0468. The van der Waals surface area contributed by atoms with E-state index in [4.69, 9.17) is 10.5 Å². The van der Waals surface area contributed by atoms with Gasteiger partial charge in [-0.2, -0.15) is 0 Å². The average Bonchev–Trinajstić information content (AvgIpc) is 3.52. The number of rotatable bonds is 16. The van der Waals surface area contributed by atoms with Gasteiger partial charge in [-0.25, -0.2) is 4.79 Å². The van der Waals surface area contributed by atoms with Crippen LogP contribution < -0.4 is 21.7 Å². The van der Waals surface area contributed by atoms with Crippen molar-refractivity contribution in [1.29, 1.82) is 0 Å². The van der Waals surface area contributed by atoms with Crippen molar-refractivity contribution in [3.05, 3.63) is 12.2 Å². The zero-order valence-corrected chi connectivity index (χ0v) is 38.0. The Hall–Kier alpha value is -2.62. The summed E-state index contributed by atoms with van der Waals surface area (Å²) in [7, 11) is 0. The minimum Gasteiger partial charge on any atom is -0.444 e. The van der Waals surface area contributed by atoms with E-state index in [-0.39, 0.29) is 39.6 Å². The Balaban J connectivity index is 1.08. The predicted molar refractivity (Wildman–Crippen MR) is 230 cm³/mol. The van der Waals surface area contributed by atoms with Crippen molar-refractivity contribution in [2.75, 3.05) is 13.1 Å². The van der Waals surface area contributed by atoms with Gasteiger partial charge in [0.1, 0.15) is 11.6 Å². The summed E-state index contributed by atoms with van der Waals surface area (Å²) in [5, 5.41) is 19.9. The van der Waals surface area contributed by atoms with Crippen LogP contribution >= 0.6 is 0 Å². The van der Waals surface area contributed by atoms with Crippen LogP contribution in [-0.2, 0) is 19.1 Å². The molecule has 11 atom stereocenters. The number of primary amides is 1. The molecular weight excluding hydrogens is 729 g/mol. The smallest absolute Gasteiger partial charge is 0.408 e. The molecule has 0 spiro atoms. The van der Waals surface area contributed by atoms with E-state index in [1.54, 1.807) is 20.8 Å². The largest absolute Gasteiger partial charge is 0.444 e. The number of allylic oxidation sites excluding steroid dienone is 1. The highest BCUT2D eigenvalue weighted by Crippen LogP contribution is 2.77. The fourth-order valence-electron chi connectivity index (χ4n) is 14.2. The standard InChI is InChI=1S/C48H82N4O6/c1-31(2)32-20-25-48(27-26-46(9)33(39(32)48)18-19-36-45(8)23-22-37(53)44(6,7)35(45)21-24-47(36,46)10)41(56)51-29-17-15-13-11-12-14-16-28-50-40(55)34(30-38(49)54)52-42(57)58-43(3,4)5/h32-37,39,53H,1,11-30H2,2-10H3,(H2,49,54)(H,50,55)(H,51,56)(H,52,57)/t32-,33+,34-,35-,36+,37-,39+,45-,46+,47+,48-/m0/s1. The number of hydrogen-bond donors (Lipinski definition) is 5. The molecule has 0 aliphatic heterocycles. The molecule has 10 heteroatoms. The predicted octanol–water partition coefficient (Wildman–Crippen LogP) is 8.74. The Bertz CT molecular complexity index is 1520. The first kappa shape index (κ1) is 46.4. The molecule has 0 saturated heterocycles. The number of aliphatic hydroxyl groups excluding tert-OH is 1.